The van der Waals surface area contributed by atoms with Crippen molar-refractivity contribution in [1.29, 1.82) is 0 Å². The quantitative estimate of drug-likeness (QED) is 0.500. The Hall–Kier alpha value is -3.41. The number of primary amides is 1. The molecule has 0 atom stereocenters. The summed E-state index contributed by atoms with van der Waals surface area (Å²) in [5.74, 6) is 0.968. The van der Waals surface area contributed by atoms with Crippen molar-refractivity contribution in [3.8, 4) is 11.4 Å². The van der Waals surface area contributed by atoms with E-state index in [0.29, 0.717) is 23.6 Å². The maximum absolute atomic E-state index is 11.5. The van der Waals surface area contributed by atoms with E-state index in [-0.39, 0.29) is 0 Å². The van der Waals surface area contributed by atoms with E-state index in [1.54, 1.807) is 6.07 Å². The first-order valence-electron chi connectivity index (χ1n) is 8.42. The second kappa shape index (κ2) is 6.84. The summed E-state index contributed by atoms with van der Waals surface area (Å²) in [5, 5.41) is 8.37. The van der Waals surface area contributed by atoms with Crippen LogP contribution in [-0.4, -0.2) is 26.1 Å². The van der Waals surface area contributed by atoms with E-state index < -0.39 is 5.91 Å². The summed E-state index contributed by atoms with van der Waals surface area (Å²) < 4.78 is 0. The minimum atomic E-state index is -0.401. The fourth-order valence-electron chi connectivity index (χ4n) is 3.09. The molecule has 1 amide bonds. The average molecular weight is 344 g/mol. The molecular formula is C20H18N5O. The van der Waals surface area contributed by atoms with Gasteiger partial charge in [-0.2, -0.15) is 5.10 Å². The summed E-state index contributed by atoms with van der Waals surface area (Å²) in [6.45, 7) is 0. The molecule has 0 spiro atoms. The molecule has 0 unspecified atom stereocenters. The maximum atomic E-state index is 11.5. The molecule has 6 heteroatoms. The highest BCUT2D eigenvalue weighted by atomic mass is 16.1. The number of aromatic nitrogens is 4. The second-order valence-electron chi connectivity index (χ2n) is 6.06. The normalized spacial score (nSPS) is 11.1. The fourth-order valence-corrected chi connectivity index (χ4v) is 3.09. The van der Waals surface area contributed by atoms with Crippen molar-refractivity contribution < 1.29 is 4.79 Å². The van der Waals surface area contributed by atoms with Gasteiger partial charge in [0.1, 0.15) is 5.82 Å². The molecule has 0 saturated heterocycles. The Morgan fingerprint density at radius 3 is 2.81 bits per heavy atom. The number of para-hydroxylation sites is 1. The number of aryl methyl sites for hydroxylation is 1. The maximum Gasteiger partial charge on any atom is 0.248 e. The number of nitrogens with zero attached hydrogens (tertiary/aromatic N) is 2. The van der Waals surface area contributed by atoms with Gasteiger partial charge in [0.05, 0.1) is 0 Å². The Kier molecular flexibility index (Phi) is 4.23. The summed E-state index contributed by atoms with van der Waals surface area (Å²) in [6, 6.07) is 15.4. The van der Waals surface area contributed by atoms with Gasteiger partial charge in [-0.05, 0) is 30.5 Å². The van der Waals surface area contributed by atoms with Crippen molar-refractivity contribution in [3.05, 3.63) is 78.1 Å². The molecule has 0 aliphatic heterocycles. The largest absolute Gasteiger partial charge is 0.366 e. The van der Waals surface area contributed by atoms with Crippen LogP contribution in [0.3, 0.4) is 0 Å². The first-order valence-corrected chi connectivity index (χ1v) is 8.42. The van der Waals surface area contributed by atoms with E-state index in [1.807, 2.05) is 55.1 Å². The lowest BCUT2D eigenvalue weighted by Crippen LogP contribution is -2.13. The number of carbonyl (C=O) groups excluding carboxylic acids is 1. The lowest BCUT2D eigenvalue weighted by Gasteiger charge is -2.05. The molecule has 2 aromatic heterocycles. The van der Waals surface area contributed by atoms with Gasteiger partial charge in [0.25, 0.3) is 0 Å². The van der Waals surface area contributed by atoms with Crippen LogP contribution in [0.15, 0.2) is 54.7 Å². The fraction of sp³-hybridized carbons (Fsp3) is 0.100. The monoisotopic (exact) mass is 344 g/mol. The highest BCUT2D eigenvalue weighted by Gasteiger charge is 2.12. The summed E-state index contributed by atoms with van der Waals surface area (Å²) in [6.07, 6.45) is 5.33. The molecule has 26 heavy (non-hydrogen) atoms. The number of hydrogen-bond donors (Lipinski definition) is 3. The Balaban J connectivity index is 1.46. The zero-order chi connectivity index (χ0) is 17.9. The summed E-state index contributed by atoms with van der Waals surface area (Å²) in [7, 11) is 0. The van der Waals surface area contributed by atoms with E-state index in [0.717, 1.165) is 28.5 Å². The summed E-state index contributed by atoms with van der Waals surface area (Å²) in [4.78, 5) is 19.3. The Morgan fingerprint density at radius 2 is 1.92 bits per heavy atom. The topological polar surface area (TPSA) is 100 Å². The van der Waals surface area contributed by atoms with Crippen LogP contribution in [0, 0.1) is 6.42 Å². The molecule has 2 heterocycles. The van der Waals surface area contributed by atoms with Crippen molar-refractivity contribution in [2.45, 2.75) is 12.8 Å². The third-order valence-electron chi connectivity index (χ3n) is 4.37. The number of aromatic amines is 2. The van der Waals surface area contributed by atoms with Crippen LogP contribution in [0.1, 0.15) is 28.2 Å². The standard InChI is InChI=1S/C20H18N5O/c21-19(26)14-8-2-1-6-13(14)7-5-11-18-23-20(25-24-18)16-12-22-17-10-4-3-9-15(16)17/h1-4,6,8-12,22H,5,7H2,(H2,21,26)(H,23,24,25). The van der Waals surface area contributed by atoms with Crippen molar-refractivity contribution >= 4 is 16.8 Å². The molecule has 0 saturated carbocycles. The smallest absolute Gasteiger partial charge is 0.248 e. The highest BCUT2D eigenvalue weighted by Crippen LogP contribution is 2.26. The van der Waals surface area contributed by atoms with Crippen LogP contribution in [0.25, 0.3) is 22.3 Å². The number of nitrogens with two attached hydrogens (primary N) is 1. The van der Waals surface area contributed by atoms with Gasteiger partial charge in [-0.15, -0.1) is 0 Å². The molecule has 0 aliphatic rings. The van der Waals surface area contributed by atoms with Crippen LogP contribution >= 0.6 is 0 Å². The van der Waals surface area contributed by atoms with Crippen molar-refractivity contribution in [3.63, 3.8) is 0 Å². The first-order chi connectivity index (χ1) is 12.7. The number of nitrogens with one attached hydrogen (secondary N) is 2. The predicted molar refractivity (Wildman–Crippen MR) is 100 cm³/mol. The SMILES string of the molecule is NC(=O)c1ccccc1CC[CH]c1nc(-c2c[nH]c3ccccc23)n[nH]1. The Labute approximate surface area is 150 Å². The third-order valence-corrected chi connectivity index (χ3v) is 4.37. The van der Waals surface area contributed by atoms with Crippen LogP contribution in [0.5, 0.6) is 0 Å². The van der Waals surface area contributed by atoms with E-state index in [4.69, 9.17) is 5.73 Å². The van der Waals surface area contributed by atoms with Gasteiger partial charge >= 0.3 is 0 Å². The van der Waals surface area contributed by atoms with Gasteiger partial charge in [-0.3, -0.25) is 9.89 Å². The van der Waals surface area contributed by atoms with E-state index >= 15 is 0 Å². The highest BCUT2D eigenvalue weighted by molar-refractivity contribution is 5.94. The summed E-state index contributed by atoms with van der Waals surface area (Å²) >= 11 is 0. The molecule has 2 aromatic carbocycles. The number of amides is 1. The Morgan fingerprint density at radius 1 is 1.12 bits per heavy atom. The zero-order valence-corrected chi connectivity index (χ0v) is 14.1. The van der Waals surface area contributed by atoms with Crippen LogP contribution in [-0.2, 0) is 6.42 Å². The molecule has 4 N–H and O–H groups in total. The zero-order valence-electron chi connectivity index (χ0n) is 14.1. The van der Waals surface area contributed by atoms with E-state index in [9.17, 15) is 4.79 Å². The molecule has 1 radical (unpaired) electrons. The molecule has 0 aliphatic carbocycles. The summed E-state index contributed by atoms with van der Waals surface area (Å²) in [5.41, 5.74) is 8.95. The van der Waals surface area contributed by atoms with Gasteiger partial charge in [-0.25, -0.2) is 4.98 Å². The minimum absolute atomic E-state index is 0.401. The number of benzene rings is 2. The first kappa shape index (κ1) is 16.1. The number of carbonyl (C=O) groups is 1. The van der Waals surface area contributed by atoms with Gasteiger partial charge in [-0.1, -0.05) is 36.4 Å². The molecule has 6 nitrogen and oxygen atoms in total. The van der Waals surface area contributed by atoms with Gasteiger partial charge < -0.3 is 10.7 Å². The van der Waals surface area contributed by atoms with E-state index in [2.05, 4.69) is 20.2 Å². The second-order valence-corrected chi connectivity index (χ2v) is 6.06. The lowest BCUT2D eigenvalue weighted by molar-refractivity contribution is 0.0999. The van der Waals surface area contributed by atoms with Crippen LogP contribution in [0.2, 0.25) is 0 Å². The number of rotatable bonds is 6. The van der Waals surface area contributed by atoms with Crippen molar-refractivity contribution in [2.75, 3.05) is 0 Å². The lowest BCUT2D eigenvalue weighted by atomic mass is 10.0. The van der Waals surface area contributed by atoms with Crippen molar-refractivity contribution in [2.24, 2.45) is 5.73 Å². The molecule has 4 aromatic rings. The molecular weight excluding hydrogens is 326 g/mol. The predicted octanol–water partition coefficient (Wildman–Crippen LogP) is 3.24. The third kappa shape index (κ3) is 3.09. The van der Waals surface area contributed by atoms with E-state index in [1.165, 1.54) is 0 Å². The Bertz CT molecular complexity index is 1060. The van der Waals surface area contributed by atoms with Crippen LogP contribution < -0.4 is 5.73 Å². The van der Waals surface area contributed by atoms with Crippen molar-refractivity contribution in [1.82, 2.24) is 20.2 Å². The van der Waals surface area contributed by atoms with Crippen LogP contribution in [0.4, 0.5) is 0 Å². The molecule has 0 fully saturated rings. The van der Waals surface area contributed by atoms with Gasteiger partial charge in [0.2, 0.25) is 5.91 Å². The van der Waals surface area contributed by atoms with Gasteiger partial charge in [0.15, 0.2) is 5.82 Å². The number of H-pyrrole nitrogens is 2. The molecule has 0 bridgehead atoms. The molecule has 129 valence electrons. The number of fused-ring (bicyclic) bond motifs is 1. The average Bonchev–Trinajstić information content (AvgIpc) is 3.28. The number of hydrogen-bond acceptors (Lipinski definition) is 3. The molecule has 4 rings (SSSR count). The minimum Gasteiger partial charge on any atom is -0.366 e. The van der Waals surface area contributed by atoms with Gasteiger partial charge in [0, 0.05) is 34.6 Å².